The second-order valence-corrected chi connectivity index (χ2v) is 5.68. The Morgan fingerprint density at radius 3 is 2.78 bits per heavy atom. The molecule has 0 aliphatic rings. The van der Waals surface area contributed by atoms with E-state index in [1.165, 1.54) is 11.3 Å². The zero-order chi connectivity index (χ0) is 12.9. The average Bonchev–Trinajstić information content (AvgIpc) is 2.77. The lowest BCUT2D eigenvalue weighted by atomic mass is 10.1. The first-order valence-electron chi connectivity index (χ1n) is 5.72. The molecule has 0 aliphatic carbocycles. The number of aliphatic hydroxyl groups is 1. The fraction of sp³-hybridized carbons (Fsp3) is 0.583. The molecule has 6 heteroatoms. The monoisotopic (exact) mass is 383 g/mol. The molecule has 4 nitrogen and oxygen atoms in total. The molecule has 1 unspecified atom stereocenters. The Bertz CT molecular complexity index is 363. The Labute approximate surface area is 130 Å². The quantitative estimate of drug-likeness (QED) is 0.415. The molecule has 1 heterocycles. The molecule has 1 atom stereocenters. The smallest absolute Gasteiger partial charge is 0.188 e. The highest BCUT2D eigenvalue weighted by Gasteiger charge is 2.23. The summed E-state index contributed by atoms with van der Waals surface area (Å²) in [6, 6.07) is 3.82. The van der Waals surface area contributed by atoms with Crippen molar-refractivity contribution in [2.45, 2.75) is 26.4 Å². The van der Waals surface area contributed by atoms with Gasteiger partial charge in [-0.15, -0.1) is 35.3 Å². The van der Waals surface area contributed by atoms with Crippen molar-refractivity contribution in [1.82, 2.24) is 5.32 Å². The molecule has 1 aromatic heterocycles. The Morgan fingerprint density at radius 2 is 2.28 bits per heavy atom. The minimum Gasteiger partial charge on any atom is -0.383 e. The van der Waals surface area contributed by atoms with Gasteiger partial charge in [0.25, 0.3) is 0 Å². The van der Waals surface area contributed by atoms with E-state index >= 15 is 0 Å². The van der Waals surface area contributed by atoms with Crippen molar-refractivity contribution >= 4 is 41.3 Å². The number of rotatable bonds is 5. The first-order valence-corrected chi connectivity index (χ1v) is 6.60. The number of aliphatic imine (C=N–C) groups is 1. The Hall–Kier alpha value is -0.340. The summed E-state index contributed by atoms with van der Waals surface area (Å²) in [5, 5.41) is 15.2. The second-order valence-electron chi connectivity index (χ2n) is 4.73. The van der Waals surface area contributed by atoms with E-state index in [2.05, 4.69) is 24.2 Å². The van der Waals surface area contributed by atoms with E-state index in [0.717, 1.165) is 11.4 Å². The van der Waals surface area contributed by atoms with E-state index in [1.807, 2.05) is 17.5 Å². The number of nitrogens with zero attached hydrogens (tertiary/aromatic N) is 1. The molecule has 104 valence electrons. The maximum atomic E-state index is 10.2. The average molecular weight is 383 g/mol. The molecule has 0 aliphatic heterocycles. The molecule has 18 heavy (non-hydrogen) atoms. The standard InChI is InChI=1S/C12H21N3OS.HI/c1-9(2)7-14-11(13)15-8-12(3,16)10-5-4-6-17-10;/h4-6,9,16H,7-8H2,1-3H3,(H3,13,14,15);1H. The summed E-state index contributed by atoms with van der Waals surface area (Å²) in [7, 11) is 0. The minimum atomic E-state index is -0.946. The van der Waals surface area contributed by atoms with E-state index in [1.54, 1.807) is 6.92 Å². The van der Waals surface area contributed by atoms with Crippen LogP contribution in [0.1, 0.15) is 25.6 Å². The summed E-state index contributed by atoms with van der Waals surface area (Å²) in [6.07, 6.45) is 0. The zero-order valence-electron chi connectivity index (χ0n) is 11.0. The zero-order valence-corrected chi connectivity index (χ0v) is 14.2. The first-order chi connectivity index (χ1) is 7.92. The van der Waals surface area contributed by atoms with Crippen LogP contribution in [0.25, 0.3) is 0 Å². The number of hydrogen-bond donors (Lipinski definition) is 3. The van der Waals surface area contributed by atoms with E-state index in [4.69, 9.17) is 5.73 Å². The van der Waals surface area contributed by atoms with Crippen LogP contribution in [0, 0.1) is 5.92 Å². The summed E-state index contributed by atoms with van der Waals surface area (Å²) in [6.45, 7) is 7.00. The van der Waals surface area contributed by atoms with E-state index in [-0.39, 0.29) is 30.5 Å². The fourth-order valence-electron chi connectivity index (χ4n) is 1.27. The molecule has 0 amide bonds. The van der Waals surface area contributed by atoms with Crippen LogP contribution in [-0.4, -0.2) is 24.2 Å². The Morgan fingerprint density at radius 1 is 1.61 bits per heavy atom. The van der Waals surface area contributed by atoms with Gasteiger partial charge in [-0.3, -0.25) is 4.99 Å². The second kappa shape index (κ2) is 7.96. The maximum Gasteiger partial charge on any atom is 0.188 e. The Kier molecular flexibility index (Phi) is 7.81. The van der Waals surface area contributed by atoms with Gasteiger partial charge in [0.15, 0.2) is 5.96 Å². The lowest BCUT2D eigenvalue weighted by Gasteiger charge is -2.19. The van der Waals surface area contributed by atoms with Crippen LogP contribution in [0.3, 0.4) is 0 Å². The summed E-state index contributed by atoms with van der Waals surface area (Å²) in [4.78, 5) is 5.06. The van der Waals surface area contributed by atoms with Gasteiger partial charge >= 0.3 is 0 Å². The number of nitrogens with two attached hydrogens (primary N) is 1. The minimum absolute atomic E-state index is 0. The molecule has 0 radical (unpaired) electrons. The van der Waals surface area contributed by atoms with Crippen molar-refractivity contribution in [1.29, 1.82) is 0 Å². The molecule has 0 saturated carbocycles. The highest BCUT2D eigenvalue weighted by Crippen LogP contribution is 2.25. The topological polar surface area (TPSA) is 70.6 Å². The van der Waals surface area contributed by atoms with Gasteiger partial charge in [-0.1, -0.05) is 19.9 Å². The fourth-order valence-corrected chi connectivity index (χ4v) is 2.05. The van der Waals surface area contributed by atoms with Crippen LogP contribution in [0.15, 0.2) is 22.5 Å². The number of hydrogen-bond acceptors (Lipinski definition) is 3. The third-order valence-electron chi connectivity index (χ3n) is 2.30. The van der Waals surface area contributed by atoms with Crippen molar-refractivity contribution in [2.75, 3.05) is 13.1 Å². The molecule has 0 bridgehead atoms. The summed E-state index contributed by atoms with van der Waals surface area (Å²) < 4.78 is 0. The van der Waals surface area contributed by atoms with Gasteiger partial charge in [0.2, 0.25) is 0 Å². The lowest BCUT2D eigenvalue weighted by Crippen LogP contribution is -2.36. The summed E-state index contributed by atoms with van der Waals surface area (Å²) >= 11 is 1.52. The highest BCUT2D eigenvalue weighted by atomic mass is 127. The predicted octanol–water partition coefficient (Wildman–Crippen LogP) is 2.13. The molecule has 0 aromatic carbocycles. The number of thiophene rings is 1. The SMILES string of the molecule is CC(C)CNC(N)=NCC(C)(O)c1cccs1.I. The van der Waals surface area contributed by atoms with Gasteiger partial charge in [-0.2, -0.15) is 0 Å². The van der Waals surface area contributed by atoms with Crippen LogP contribution in [-0.2, 0) is 5.60 Å². The largest absolute Gasteiger partial charge is 0.383 e. The van der Waals surface area contributed by atoms with Crippen LogP contribution in [0.2, 0.25) is 0 Å². The van der Waals surface area contributed by atoms with Crippen molar-refractivity contribution in [3.05, 3.63) is 22.4 Å². The number of nitrogens with one attached hydrogen (secondary N) is 1. The lowest BCUT2D eigenvalue weighted by molar-refractivity contribution is 0.0712. The van der Waals surface area contributed by atoms with Gasteiger partial charge in [-0.25, -0.2) is 0 Å². The molecule has 0 fully saturated rings. The van der Waals surface area contributed by atoms with Crippen molar-refractivity contribution in [2.24, 2.45) is 16.6 Å². The first kappa shape index (κ1) is 17.7. The molecule has 0 spiro atoms. The van der Waals surface area contributed by atoms with Crippen molar-refractivity contribution in [3.63, 3.8) is 0 Å². The highest BCUT2D eigenvalue weighted by molar-refractivity contribution is 14.0. The summed E-state index contributed by atoms with van der Waals surface area (Å²) in [5.74, 6) is 0.900. The molecule has 1 rings (SSSR count). The van der Waals surface area contributed by atoms with Crippen molar-refractivity contribution in [3.8, 4) is 0 Å². The number of guanidine groups is 1. The van der Waals surface area contributed by atoms with Crippen LogP contribution in [0.4, 0.5) is 0 Å². The molecule has 0 saturated heterocycles. The van der Waals surface area contributed by atoms with Gasteiger partial charge in [0.05, 0.1) is 6.54 Å². The summed E-state index contributed by atoms with van der Waals surface area (Å²) in [5.41, 5.74) is 4.77. The third-order valence-corrected chi connectivity index (χ3v) is 3.42. The van der Waals surface area contributed by atoms with Gasteiger partial charge in [0, 0.05) is 11.4 Å². The predicted molar refractivity (Wildman–Crippen MR) is 88.6 cm³/mol. The van der Waals surface area contributed by atoms with E-state index < -0.39 is 5.60 Å². The normalized spacial score (nSPS) is 15.1. The molecule has 4 N–H and O–H groups in total. The van der Waals surface area contributed by atoms with Gasteiger partial charge < -0.3 is 16.2 Å². The van der Waals surface area contributed by atoms with Crippen molar-refractivity contribution < 1.29 is 5.11 Å². The molecular formula is C12H22IN3OS. The van der Waals surface area contributed by atoms with Crippen LogP contribution >= 0.6 is 35.3 Å². The number of halogens is 1. The van der Waals surface area contributed by atoms with Crippen LogP contribution < -0.4 is 11.1 Å². The molecular weight excluding hydrogens is 361 g/mol. The van der Waals surface area contributed by atoms with Gasteiger partial charge in [-0.05, 0) is 24.3 Å². The van der Waals surface area contributed by atoms with Gasteiger partial charge in [0.1, 0.15) is 5.60 Å². The van der Waals surface area contributed by atoms with E-state index in [9.17, 15) is 5.11 Å². The maximum absolute atomic E-state index is 10.2. The van der Waals surface area contributed by atoms with E-state index in [0.29, 0.717) is 11.9 Å². The van der Waals surface area contributed by atoms with Crippen LogP contribution in [0.5, 0.6) is 0 Å². The Balaban J connectivity index is 0.00000289. The third kappa shape index (κ3) is 6.01. The molecule has 1 aromatic rings.